The Hall–Kier alpha value is -1.89. The van der Waals surface area contributed by atoms with Gasteiger partial charge in [0.25, 0.3) is 0 Å². The lowest BCUT2D eigenvalue weighted by molar-refractivity contribution is 0.170. The molecule has 106 valence electrons. The van der Waals surface area contributed by atoms with Gasteiger partial charge in [-0.2, -0.15) is 0 Å². The molecule has 1 aromatic heterocycles. The molecule has 0 radical (unpaired) electrons. The highest BCUT2D eigenvalue weighted by atomic mass is 79.9. The van der Waals surface area contributed by atoms with Gasteiger partial charge in [0.2, 0.25) is 0 Å². The minimum Gasteiger partial charge on any atom is -0.486 e. The highest BCUT2D eigenvalue weighted by Crippen LogP contribution is 2.41. The van der Waals surface area contributed by atoms with Crippen LogP contribution in [-0.4, -0.2) is 22.9 Å². The van der Waals surface area contributed by atoms with Crippen LogP contribution in [0.3, 0.4) is 0 Å². The molecule has 0 saturated carbocycles. The average molecular weight is 339 g/mol. The Morgan fingerprint density at radius 3 is 2.80 bits per heavy atom. The summed E-state index contributed by atoms with van der Waals surface area (Å²) in [6.07, 6.45) is 0.715. The number of nitrogens with two attached hydrogens (primary N) is 2. The van der Waals surface area contributed by atoms with E-state index in [9.17, 15) is 0 Å². The average Bonchev–Trinajstić information content (AvgIpc) is 2.75. The standard InChI is InChI=1S/C13H15BrN4O2/c1-2-10-17-11(13(15)18(10)16)7-5-8(14)12-9(6-7)19-3-4-20-12/h5-6H,2-4,15-16H2,1H3. The molecule has 3 rings (SSSR count). The van der Waals surface area contributed by atoms with E-state index in [0.717, 1.165) is 15.9 Å². The van der Waals surface area contributed by atoms with Gasteiger partial charge >= 0.3 is 0 Å². The predicted octanol–water partition coefficient (Wildman–Crippen LogP) is 1.94. The lowest BCUT2D eigenvalue weighted by Gasteiger charge is -2.20. The topological polar surface area (TPSA) is 88.3 Å². The molecule has 6 nitrogen and oxygen atoms in total. The molecule has 20 heavy (non-hydrogen) atoms. The van der Waals surface area contributed by atoms with Crippen LogP contribution in [0.15, 0.2) is 16.6 Å². The zero-order valence-corrected chi connectivity index (χ0v) is 12.6. The number of halogens is 1. The number of hydrogen-bond donors (Lipinski definition) is 2. The first-order valence-electron chi connectivity index (χ1n) is 6.33. The SMILES string of the molecule is CCc1nc(-c2cc(Br)c3c(c2)OCCO3)c(N)n1N. The number of ether oxygens (including phenoxy) is 2. The molecule has 0 aliphatic carbocycles. The van der Waals surface area contributed by atoms with Crippen LogP contribution >= 0.6 is 15.9 Å². The zero-order valence-electron chi connectivity index (χ0n) is 11.0. The van der Waals surface area contributed by atoms with Crippen molar-refractivity contribution in [3.8, 4) is 22.8 Å². The summed E-state index contributed by atoms with van der Waals surface area (Å²) < 4.78 is 13.4. The number of rotatable bonds is 2. The van der Waals surface area contributed by atoms with Crippen LogP contribution in [0, 0.1) is 0 Å². The van der Waals surface area contributed by atoms with Gasteiger partial charge in [0, 0.05) is 12.0 Å². The fraction of sp³-hybridized carbons (Fsp3) is 0.308. The van der Waals surface area contributed by atoms with Gasteiger partial charge < -0.3 is 21.1 Å². The molecule has 2 heterocycles. The van der Waals surface area contributed by atoms with Gasteiger partial charge in [-0.15, -0.1) is 0 Å². The number of anilines is 1. The highest BCUT2D eigenvalue weighted by molar-refractivity contribution is 9.10. The van der Waals surface area contributed by atoms with Gasteiger partial charge in [-0.1, -0.05) is 6.92 Å². The first-order valence-corrected chi connectivity index (χ1v) is 7.12. The second kappa shape index (κ2) is 4.90. The molecule has 1 aromatic carbocycles. The van der Waals surface area contributed by atoms with E-state index in [1.54, 1.807) is 0 Å². The molecule has 0 saturated heterocycles. The van der Waals surface area contributed by atoms with E-state index in [4.69, 9.17) is 21.1 Å². The lowest BCUT2D eigenvalue weighted by atomic mass is 10.1. The molecule has 1 aliphatic heterocycles. The molecule has 2 aromatic rings. The Morgan fingerprint density at radius 1 is 1.35 bits per heavy atom. The molecule has 0 bridgehead atoms. The largest absolute Gasteiger partial charge is 0.486 e. The van der Waals surface area contributed by atoms with Crippen LogP contribution in [-0.2, 0) is 6.42 Å². The zero-order chi connectivity index (χ0) is 14.3. The monoisotopic (exact) mass is 338 g/mol. The molecule has 0 fully saturated rings. The maximum absolute atomic E-state index is 6.03. The van der Waals surface area contributed by atoms with E-state index in [0.29, 0.717) is 42.6 Å². The quantitative estimate of drug-likeness (QED) is 0.817. The summed E-state index contributed by atoms with van der Waals surface area (Å²) in [7, 11) is 0. The Balaban J connectivity index is 2.13. The summed E-state index contributed by atoms with van der Waals surface area (Å²) >= 11 is 3.49. The van der Waals surface area contributed by atoms with Crippen LogP contribution in [0.5, 0.6) is 11.5 Å². The van der Waals surface area contributed by atoms with Crippen LogP contribution in [0.4, 0.5) is 5.82 Å². The minimum atomic E-state index is 0.436. The summed E-state index contributed by atoms with van der Waals surface area (Å²) in [5.74, 6) is 8.46. The van der Waals surface area contributed by atoms with E-state index in [1.807, 2.05) is 19.1 Å². The van der Waals surface area contributed by atoms with Crippen molar-refractivity contribution in [1.82, 2.24) is 9.66 Å². The lowest BCUT2D eigenvalue weighted by Crippen LogP contribution is -2.16. The number of nitrogen functional groups attached to an aromatic ring is 2. The number of fused-ring (bicyclic) bond motifs is 1. The maximum Gasteiger partial charge on any atom is 0.175 e. The fourth-order valence-electron chi connectivity index (χ4n) is 2.20. The Morgan fingerprint density at radius 2 is 2.10 bits per heavy atom. The molecule has 0 amide bonds. The number of aromatic nitrogens is 2. The Bertz CT molecular complexity index is 669. The number of imidazole rings is 1. The van der Waals surface area contributed by atoms with Gasteiger partial charge in [0.1, 0.15) is 24.7 Å². The van der Waals surface area contributed by atoms with Crippen molar-refractivity contribution < 1.29 is 9.47 Å². The van der Waals surface area contributed by atoms with Crippen molar-refractivity contribution in [3.63, 3.8) is 0 Å². The second-order valence-corrected chi connectivity index (χ2v) is 5.32. The number of hydrogen-bond acceptors (Lipinski definition) is 5. The van der Waals surface area contributed by atoms with E-state index in [2.05, 4.69) is 20.9 Å². The summed E-state index contributed by atoms with van der Waals surface area (Å²) in [6, 6.07) is 3.78. The maximum atomic E-state index is 6.03. The third-order valence-corrected chi connectivity index (χ3v) is 3.80. The number of aryl methyl sites for hydroxylation is 1. The van der Waals surface area contributed by atoms with Gasteiger partial charge in [-0.05, 0) is 28.1 Å². The molecule has 4 N–H and O–H groups in total. The summed E-state index contributed by atoms with van der Waals surface area (Å²) in [5, 5.41) is 0. The third kappa shape index (κ3) is 1.98. The first-order chi connectivity index (χ1) is 9.61. The molecule has 0 unspecified atom stereocenters. The first kappa shape index (κ1) is 13.1. The molecular formula is C13H15BrN4O2. The van der Waals surface area contributed by atoms with Crippen molar-refractivity contribution in [3.05, 3.63) is 22.4 Å². The summed E-state index contributed by atoms with van der Waals surface area (Å²) in [4.78, 5) is 4.48. The van der Waals surface area contributed by atoms with Crippen molar-refractivity contribution in [1.29, 1.82) is 0 Å². The molecule has 7 heteroatoms. The van der Waals surface area contributed by atoms with Crippen molar-refractivity contribution in [2.75, 3.05) is 24.8 Å². The van der Waals surface area contributed by atoms with Crippen LogP contribution in [0.2, 0.25) is 0 Å². The van der Waals surface area contributed by atoms with Gasteiger partial charge in [0.05, 0.1) is 4.47 Å². The van der Waals surface area contributed by atoms with E-state index in [-0.39, 0.29) is 0 Å². The molecular weight excluding hydrogens is 324 g/mol. The summed E-state index contributed by atoms with van der Waals surface area (Å²) in [6.45, 7) is 3.06. The minimum absolute atomic E-state index is 0.436. The smallest absolute Gasteiger partial charge is 0.175 e. The van der Waals surface area contributed by atoms with Gasteiger partial charge in [0.15, 0.2) is 17.3 Å². The van der Waals surface area contributed by atoms with Crippen molar-refractivity contribution >= 4 is 21.7 Å². The number of nitrogens with zero attached hydrogens (tertiary/aromatic N) is 2. The second-order valence-electron chi connectivity index (χ2n) is 4.47. The highest BCUT2D eigenvalue weighted by Gasteiger charge is 2.20. The van der Waals surface area contributed by atoms with E-state index >= 15 is 0 Å². The Labute approximate surface area is 124 Å². The normalized spacial score (nSPS) is 13.5. The fourth-order valence-corrected chi connectivity index (χ4v) is 2.76. The Kier molecular flexibility index (Phi) is 3.21. The summed E-state index contributed by atoms with van der Waals surface area (Å²) in [5.41, 5.74) is 7.52. The van der Waals surface area contributed by atoms with Gasteiger partial charge in [-0.25, -0.2) is 9.66 Å². The van der Waals surface area contributed by atoms with Crippen LogP contribution in [0.25, 0.3) is 11.3 Å². The van der Waals surface area contributed by atoms with Crippen LogP contribution in [0.1, 0.15) is 12.7 Å². The molecule has 0 atom stereocenters. The third-order valence-electron chi connectivity index (χ3n) is 3.21. The van der Waals surface area contributed by atoms with Crippen molar-refractivity contribution in [2.45, 2.75) is 13.3 Å². The predicted molar refractivity (Wildman–Crippen MR) is 80.3 cm³/mol. The van der Waals surface area contributed by atoms with E-state index < -0.39 is 0 Å². The van der Waals surface area contributed by atoms with Crippen molar-refractivity contribution in [2.24, 2.45) is 0 Å². The molecule has 1 aliphatic rings. The van der Waals surface area contributed by atoms with E-state index in [1.165, 1.54) is 4.68 Å². The van der Waals surface area contributed by atoms with Gasteiger partial charge in [-0.3, -0.25) is 0 Å². The number of benzene rings is 1. The van der Waals surface area contributed by atoms with Crippen LogP contribution < -0.4 is 21.1 Å². The molecule has 0 spiro atoms.